The molecule has 0 radical (unpaired) electrons. The minimum Gasteiger partial charge on any atom is -0.481 e. The lowest BCUT2D eigenvalue weighted by molar-refractivity contribution is -0.137. The van der Waals surface area contributed by atoms with Crippen molar-refractivity contribution in [1.29, 1.82) is 0 Å². The van der Waals surface area contributed by atoms with Crippen LogP contribution in [0.4, 0.5) is 0 Å². The lowest BCUT2D eigenvalue weighted by Crippen LogP contribution is -2.22. The van der Waals surface area contributed by atoms with Gasteiger partial charge in [-0.1, -0.05) is 12.1 Å². The molecule has 0 unspecified atom stereocenters. The van der Waals surface area contributed by atoms with Gasteiger partial charge in [0.15, 0.2) is 10.8 Å². The van der Waals surface area contributed by atoms with E-state index in [4.69, 9.17) is 9.52 Å². The van der Waals surface area contributed by atoms with Crippen molar-refractivity contribution in [3.63, 3.8) is 0 Å². The van der Waals surface area contributed by atoms with E-state index in [-0.39, 0.29) is 12.3 Å². The molecule has 2 aromatic heterocycles. The van der Waals surface area contributed by atoms with Crippen molar-refractivity contribution in [2.24, 2.45) is 0 Å². The molecule has 2 heterocycles. The van der Waals surface area contributed by atoms with E-state index in [9.17, 15) is 9.59 Å². The molecule has 0 saturated carbocycles. The van der Waals surface area contributed by atoms with E-state index in [1.54, 1.807) is 11.3 Å². The van der Waals surface area contributed by atoms with Crippen molar-refractivity contribution in [3.8, 4) is 10.8 Å². The smallest absolute Gasteiger partial charge is 0.303 e. The molecule has 1 amide bonds. The predicted molar refractivity (Wildman–Crippen MR) is 95.3 cm³/mol. The number of fused-ring (bicyclic) bond motifs is 1. The molecule has 0 spiro atoms. The fourth-order valence-electron chi connectivity index (χ4n) is 2.40. The molecule has 130 valence electrons. The molecule has 0 fully saturated rings. The summed E-state index contributed by atoms with van der Waals surface area (Å²) in [5.41, 5.74) is 0.940. The number of hydrogen-bond donors (Lipinski definition) is 2. The van der Waals surface area contributed by atoms with Gasteiger partial charge in [0.05, 0.1) is 16.8 Å². The number of amides is 1. The summed E-state index contributed by atoms with van der Waals surface area (Å²) in [7, 11) is 0. The van der Waals surface area contributed by atoms with Gasteiger partial charge in [0.25, 0.3) is 0 Å². The zero-order valence-electron chi connectivity index (χ0n) is 13.5. The number of carbonyl (C=O) groups excluding carboxylic acids is 1. The van der Waals surface area contributed by atoms with Crippen molar-refractivity contribution in [2.45, 2.75) is 32.2 Å². The number of aromatic nitrogens is 1. The Bertz CT molecular complexity index is 851. The van der Waals surface area contributed by atoms with Gasteiger partial charge in [-0.15, -0.1) is 11.3 Å². The van der Waals surface area contributed by atoms with Crippen LogP contribution in [0.2, 0.25) is 0 Å². The molecular weight excluding hydrogens is 340 g/mol. The first-order chi connectivity index (χ1) is 12.1. The number of furan rings is 1. The van der Waals surface area contributed by atoms with Crippen LogP contribution in [0.3, 0.4) is 0 Å². The zero-order valence-corrected chi connectivity index (χ0v) is 14.3. The molecule has 0 bridgehead atoms. The molecule has 25 heavy (non-hydrogen) atoms. The van der Waals surface area contributed by atoms with E-state index >= 15 is 0 Å². The minimum absolute atomic E-state index is 0.0942. The van der Waals surface area contributed by atoms with Gasteiger partial charge in [0.1, 0.15) is 5.76 Å². The zero-order chi connectivity index (χ0) is 17.6. The van der Waals surface area contributed by atoms with Crippen molar-refractivity contribution < 1.29 is 19.1 Å². The first kappa shape index (κ1) is 17.2. The number of benzene rings is 1. The Morgan fingerprint density at radius 2 is 1.92 bits per heavy atom. The molecule has 2 N–H and O–H groups in total. The second-order valence-electron chi connectivity index (χ2n) is 5.63. The number of thiazole rings is 1. The number of nitrogens with one attached hydrogen (secondary N) is 1. The lowest BCUT2D eigenvalue weighted by atomic mass is 10.2. The highest BCUT2D eigenvalue weighted by molar-refractivity contribution is 7.21. The van der Waals surface area contributed by atoms with Crippen molar-refractivity contribution in [1.82, 2.24) is 10.3 Å². The highest BCUT2D eigenvalue weighted by atomic mass is 32.1. The molecule has 7 heteroatoms. The SMILES string of the molecule is O=C(O)CCCCC(=O)NCc1ccc(-c2nc3ccccc3s2)o1. The maximum atomic E-state index is 11.7. The summed E-state index contributed by atoms with van der Waals surface area (Å²) in [5.74, 6) is 0.404. The Hall–Kier alpha value is -2.67. The third kappa shape index (κ3) is 4.67. The van der Waals surface area contributed by atoms with Crippen LogP contribution in [0.25, 0.3) is 21.0 Å². The summed E-state index contributed by atoms with van der Waals surface area (Å²) in [6.45, 7) is 0.308. The standard InChI is InChI=1S/C18H18N2O4S/c21-16(7-3-4-8-17(22)23)19-11-12-9-10-14(24-12)18-20-13-5-1-2-6-15(13)25-18/h1-2,5-6,9-10H,3-4,7-8,11H2,(H,19,21)(H,22,23). The van der Waals surface area contributed by atoms with Crippen LogP contribution in [0, 0.1) is 0 Å². The van der Waals surface area contributed by atoms with Gasteiger partial charge >= 0.3 is 5.97 Å². The first-order valence-electron chi connectivity index (χ1n) is 8.05. The second kappa shape index (κ2) is 7.94. The lowest BCUT2D eigenvalue weighted by Gasteiger charge is -2.02. The summed E-state index contributed by atoms with van der Waals surface area (Å²) in [5, 5.41) is 12.1. The van der Waals surface area contributed by atoms with Gasteiger partial charge < -0.3 is 14.8 Å². The Kier molecular flexibility index (Phi) is 5.45. The number of nitrogens with zero attached hydrogens (tertiary/aromatic N) is 1. The van der Waals surface area contributed by atoms with Crippen LogP contribution in [-0.2, 0) is 16.1 Å². The number of unbranched alkanes of at least 4 members (excludes halogenated alkanes) is 1. The summed E-state index contributed by atoms with van der Waals surface area (Å²) in [6, 6.07) is 11.6. The topological polar surface area (TPSA) is 92.4 Å². The molecule has 6 nitrogen and oxygen atoms in total. The quantitative estimate of drug-likeness (QED) is 0.597. The minimum atomic E-state index is -0.835. The Morgan fingerprint density at radius 3 is 2.72 bits per heavy atom. The fraction of sp³-hybridized carbons (Fsp3) is 0.278. The van der Waals surface area contributed by atoms with Gasteiger partial charge in [-0.3, -0.25) is 9.59 Å². The maximum absolute atomic E-state index is 11.7. The molecule has 3 aromatic rings. The summed E-state index contributed by atoms with van der Waals surface area (Å²) < 4.78 is 6.86. The van der Waals surface area contributed by atoms with E-state index in [2.05, 4.69) is 10.3 Å². The summed E-state index contributed by atoms with van der Waals surface area (Å²) in [4.78, 5) is 26.7. The van der Waals surface area contributed by atoms with E-state index in [1.807, 2.05) is 36.4 Å². The Balaban J connectivity index is 1.51. The van der Waals surface area contributed by atoms with Crippen LogP contribution in [-0.4, -0.2) is 22.0 Å². The van der Waals surface area contributed by atoms with Crippen LogP contribution >= 0.6 is 11.3 Å². The number of aliphatic carboxylic acids is 1. The number of para-hydroxylation sites is 1. The molecule has 1 aromatic carbocycles. The summed E-state index contributed by atoms with van der Waals surface area (Å²) in [6.07, 6.45) is 1.48. The molecule has 0 aliphatic rings. The number of hydrogen-bond acceptors (Lipinski definition) is 5. The van der Waals surface area contributed by atoms with Gasteiger partial charge in [-0.25, -0.2) is 4.98 Å². The van der Waals surface area contributed by atoms with Crippen LogP contribution < -0.4 is 5.32 Å². The van der Waals surface area contributed by atoms with E-state index < -0.39 is 5.97 Å². The Labute approximate surface area is 148 Å². The van der Waals surface area contributed by atoms with Gasteiger partial charge in [0.2, 0.25) is 5.91 Å². The molecule has 0 saturated heterocycles. The van der Waals surface area contributed by atoms with Crippen LogP contribution in [0.15, 0.2) is 40.8 Å². The van der Waals surface area contributed by atoms with E-state index in [1.165, 1.54) is 0 Å². The van der Waals surface area contributed by atoms with Crippen molar-refractivity contribution in [2.75, 3.05) is 0 Å². The number of carbonyl (C=O) groups is 2. The molecule has 0 atom stereocenters. The van der Waals surface area contributed by atoms with E-state index in [0.717, 1.165) is 15.2 Å². The van der Waals surface area contributed by atoms with Crippen molar-refractivity contribution >= 4 is 33.4 Å². The molecule has 0 aliphatic carbocycles. The monoisotopic (exact) mass is 358 g/mol. The van der Waals surface area contributed by atoms with Gasteiger partial charge in [0, 0.05) is 12.8 Å². The average molecular weight is 358 g/mol. The largest absolute Gasteiger partial charge is 0.481 e. The van der Waals surface area contributed by atoms with Gasteiger partial charge in [-0.05, 0) is 37.1 Å². The second-order valence-corrected chi connectivity index (χ2v) is 6.66. The molecular formula is C18H18N2O4S. The van der Waals surface area contributed by atoms with Crippen LogP contribution in [0.1, 0.15) is 31.4 Å². The third-order valence-electron chi connectivity index (χ3n) is 3.67. The summed E-state index contributed by atoms with van der Waals surface area (Å²) >= 11 is 1.56. The predicted octanol–water partition coefficient (Wildman–Crippen LogP) is 3.82. The number of carboxylic acids is 1. The highest BCUT2D eigenvalue weighted by Crippen LogP contribution is 2.31. The normalized spacial score (nSPS) is 10.9. The fourth-order valence-corrected chi connectivity index (χ4v) is 3.33. The third-order valence-corrected chi connectivity index (χ3v) is 4.72. The number of rotatable bonds is 8. The average Bonchev–Trinajstić information content (AvgIpc) is 3.22. The van der Waals surface area contributed by atoms with Gasteiger partial charge in [-0.2, -0.15) is 0 Å². The maximum Gasteiger partial charge on any atom is 0.303 e. The highest BCUT2D eigenvalue weighted by Gasteiger charge is 2.11. The number of carboxylic acid groups (broad SMARTS) is 1. The van der Waals surface area contributed by atoms with Crippen molar-refractivity contribution in [3.05, 3.63) is 42.2 Å². The van der Waals surface area contributed by atoms with E-state index in [0.29, 0.717) is 37.3 Å². The molecule has 3 rings (SSSR count). The van der Waals surface area contributed by atoms with Crippen LogP contribution in [0.5, 0.6) is 0 Å². The molecule has 0 aliphatic heterocycles. The Morgan fingerprint density at radius 1 is 1.12 bits per heavy atom. The first-order valence-corrected chi connectivity index (χ1v) is 8.86.